The second-order valence-corrected chi connectivity index (χ2v) is 9.70. The van der Waals surface area contributed by atoms with Gasteiger partial charge in [0.15, 0.2) is 0 Å². The molecule has 1 amide bonds. The Morgan fingerprint density at radius 3 is 2.57 bits per heavy atom. The van der Waals surface area contributed by atoms with Gasteiger partial charge in [-0.2, -0.15) is 11.8 Å². The van der Waals surface area contributed by atoms with Crippen molar-refractivity contribution >= 4 is 45.0 Å². The third-order valence-corrected chi connectivity index (χ3v) is 6.84. The van der Waals surface area contributed by atoms with Crippen molar-refractivity contribution in [2.45, 2.75) is 17.6 Å². The molecule has 3 rings (SSSR count). The average Bonchev–Trinajstić information content (AvgIpc) is 3.21. The molecule has 2 N–H and O–H groups in total. The van der Waals surface area contributed by atoms with E-state index in [0.717, 1.165) is 22.8 Å². The smallest absolute Gasteiger partial charge is 0.261 e. The first-order valence-electron chi connectivity index (χ1n) is 9.12. The second kappa shape index (κ2) is 10.1. The van der Waals surface area contributed by atoms with Crippen LogP contribution >= 0.6 is 23.4 Å². The number of sulfonamides is 1. The van der Waals surface area contributed by atoms with Gasteiger partial charge in [0.1, 0.15) is 5.76 Å². The Labute approximate surface area is 185 Å². The summed E-state index contributed by atoms with van der Waals surface area (Å²) in [4.78, 5) is 12.5. The van der Waals surface area contributed by atoms with Gasteiger partial charge in [0.2, 0.25) is 0 Å². The van der Waals surface area contributed by atoms with E-state index in [-0.39, 0.29) is 27.1 Å². The monoisotopic (exact) mass is 464 g/mol. The van der Waals surface area contributed by atoms with E-state index < -0.39 is 10.0 Å². The minimum absolute atomic E-state index is 0.151. The Morgan fingerprint density at radius 2 is 1.90 bits per heavy atom. The molecule has 0 unspecified atom stereocenters. The number of furan rings is 1. The number of amides is 1. The van der Waals surface area contributed by atoms with Gasteiger partial charge in [0.05, 0.1) is 33.2 Å². The molecular weight excluding hydrogens is 444 g/mol. The normalized spacial score (nSPS) is 11.3. The molecule has 1 aromatic heterocycles. The van der Waals surface area contributed by atoms with Gasteiger partial charge in [-0.15, -0.1) is 0 Å². The number of hydrogen-bond donors (Lipinski definition) is 2. The van der Waals surface area contributed by atoms with Crippen LogP contribution in [-0.4, -0.2) is 26.6 Å². The molecule has 6 nitrogen and oxygen atoms in total. The molecule has 0 fully saturated rings. The number of rotatable bonds is 9. The van der Waals surface area contributed by atoms with E-state index in [4.69, 9.17) is 16.0 Å². The molecule has 0 bridgehead atoms. The van der Waals surface area contributed by atoms with Gasteiger partial charge >= 0.3 is 0 Å². The van der Waals surface area contributed by atoms with Crippen LogP contribution in [0.25, 0.3) is 0 Å². The van der Waals surface area contributed by atoms with Crippen molar-refractivity contribution in [3.63, 3.8) is 0 Å². The Bertz CT molecular complexity index is 1100. The predicted octanol–water partition coefficient (Wildman–Crippen LogP) is 4.71. The fourth-order valence-electron chi connectivity index (χ4n) is 2.59. The van der Waals surface area contributed by atoms with Crippen LogP contribution in [0, 0.1) is 6.92 Å². The van der Waals surface area contributed by atoms with Crippen LogP contribution in [0.3, 0.4) is 0 Å². The Morgan fingerprint density at radius 1 is 1.13 bits per heavy atom. The SMILES string of the molecule is Cc1ccc(S(=O)(=O)Nc2ccc(C(=O)NCCSCc3ccco3)c(Cl)c2)cc1. The number of hydrogen-bond acceptors (Lipinski definition) is 5. The number of carbonyl (C=O) groups is 1. The van der Waals surface area contributed by atoms with Gasteiger partial charge in [-0.3, -0.25) is 9.52 Å². The molecule has 3 aromatic rings. The lowest BCUT2D eigenvalue weighted by molar-refractivity contribution is 0.0956. The molecule has 0 saturated heterocycles. The van der Waals surface area contributed by atoms with Crippen molar-refractivity contribution in [3.05, 3.63) is 82.8 Å². The van der Waals surface area contributed by atoms with Crippen LogP contribution in [0.15, 0.2) is 70.2 Å². The third-order valence-electron chi connectivity index (χ3n) is 4.15. The quantitative estimate of drug-likeness (QED) is 0.448. The van der Waals surface area contributed by atoms with Crippen LogP contribution in [0.5, 0.6) is 0 Å². The summed E-state index contributed by atoms with van der Waals surface area (Å²) < 4.78 is 32.7. The minimum atomic E-state index is -3.74. The van der Waals surface area contributed by atoms with Crippen LogP contribution in [0.2, 0.25) is 5.02 Å². The highest BCUT2D eigenvalue weighted by molar-refractivity contribution is 7.98. The largest absolute Gasteiger partial charge is 0.468 e. The topological polar surface area (TPSA) is 88.4 Å². The van der Waals surface area contributed by atoms with E-state index in [9.17, 15) is 13.2 Å². The van der Waals surface area contributed by atoms with Crippen molar-refractivity contribution in [2.24, 2.45) is 0 Å². The van der Waals surface area contributed by atoms with Gasteiger partial charge in [-0.05, 0) is 49.4 Å². The number of carbonyl (C=O) groups excluding carboxylic acids is 1. The summed E-state index contributed by atoms with van der Waals surface area (Å²) >= 11 is 7.86. The highest BCUT2D eigenvalue weighted by atomic mass is 35.5. The van der Waals surface area contributed by atoms with Crippen LogP contribution in [-0.2, 0) is 15.8 Å². The van der Waals surface area contributed by atoms with Crippen molar-refractivity contribution in [1.29, 1.82) is 0 Å². The van der Waals surface area contributed by atoms with Gasteiger partial charge in [-0.1, -0.05) is 29.3 Å². The fraction of sp³-hybridized carbons (Fsp3) is 0.190. The van der Waals surface area contributed by atoms with E-state index in [1.807, 2.05) is 19.1 Å². The number of halogens is 1. The Balaban J connectivity index is 1.55. The average molecular weight is 465 g/mol. The number of anilines is 1. The van der Waals surface area contributed by atoms with E-state index in [0.29, 0.717) is 6.54 Å². The summed E-state index contributed by atoms with van der Waals surface area (Å²) in [5.41, 5.74) is 1.53. The van der Waals surface area contributed by atoms with Crippen LogP contribution in [0.4, 0.5) is 5.69 Å². The molecule has 158 valence electrons. The molecule has 0 spiro atoms. The summed E-state index contributed by atoms with van der Waals surface area (Å²) in [6.45, 7) is 2.35. The summed E-state index contributed by atoms with van der Waals surface area (Å²) in [7, 11) is -3.74. The maximum absolute atomic E-state index is 12.5. The zero-order valence-electron chi connectivity index (χ0n) is 16.2. The summed E-state index contributed by atoms with van der Waals surface area (Å²) in [5, 5.41) is 2.97. The fourth-order valence-corrected chi connectivity index (χ4v) is 4.67. The molecule has 0 aliphatic carbocycles. The molecule has 9 heteroatoms. The lowest BCUT2D eigenvalue weighted by Crippen LogP contribution is -2.26. The summed E-state index contributed by atoms with van der Waals surface area (Å²) in [6, 6.07) is 14.7. The second-order valence-electron chi connectivity index (χ2n) is 6.50. The van der Waals surface area contributed by atoms with Crippen LogP contribution < -0.4 is 10.0 Å². The van der Waals surface area contributed by atoms with Gasteiger partial charge in [0, 0.05) is 12.3 Å². The third kappa shape index (κ3) is 6.04. The first kappa shape index (κ1) is 22.3. The molecule has 30 heavy (non-hydrogen) atoms. The highest BCUT2D eigenvalue weighted by Crippen LogP contribution is 2.23. The van der Waals surface area contributed by atoms with E-state index in [1.54, 1.807) is 30.2 Å². The van der Waals surface area contributed by atoms with Crippen molar-refractivity contribution < 1.29 is 17.6 Å². The van der Waals surface area contributed by atoms with Crippen LogP contribution in [0.1, 0.15) is 21.7 Å². The minimum Gasteiger partial charge on any atom is -0.468 e. The van der Waals surface area contributed by atoms with E-state index >= 15 is 0 Å². The standard InChI is InChI=1S/C21H21ClN2O4S2/c1-15-4-7-18(8-5-15)30(26,27)24-16-6-9-19(20(22)13-16)21(25)23-10-12-29-14-17-3-2-11-28-17/h2-9,11,13,24H,10,12,14H2,1H3,(H,23,25). The first-order chi connectivity index (χ1) is 14.3. The molecule has 0 aliphatic heterocycles. The van der Waals surface area contributed by atoms with Gasteiger partial charge in [0.25, 0.3) is 15.9 Å². The summed E-state index contributed by atoms with van der Waals surface area (Å²) in [5.74, 6) is 2.03. The maximum Gasteiger partial charge on any atom is 0.261 e. The van der Waals surface area contributed by atoms with Gasteiger partial charge < -0.3 is 9.73 Å². The maximum atomic E-state index is 12.5. The lowest BCUT2D eigenvalue weighted by Gasteiger charge is -2.11. The Kier molecular flexibility index (Phi) is 7.47. The van der Waals surface area contributed by atoms with Crippen molar-refractivity contribution in [3.8, 4) is 0 Å². The zero-order chi connectivity index (χ0) is 21.6. The number of thioether (sulfide) groups is 1. The molecule has 0 atom stereocenters. The van der Waals surface area contributed by atoms with Crippen molar-refractivity contribution in [1.82, 2.24) is 5.32 Å². The lowest BCUT2D eigenvalue weighted by atomic mass is 10.2. The molecule has 0 radical (unpaired) electrons. The predicted molar refractivity (Wildman–Crippen MR) is 121 cm³/mol. The van der Waals surface area contributed by atoms with Crippen molar-refractivity contribution in [2.75, 3.05) is 17.0 Å². The number of aryl methyl sites for hydroxylation is 1. The molecule has 0 aliphatic rings. The van der Waals surface area contributed by atoms with E-state index in [1.165, 1.54) is 30.3 Å². The molecular formula is C21H21ClN2O4S2. The number of benzene rings is 2. The Hall–Kier alpha value is -2.42. The van der Waals surface area contributed by atoms with E-state index in [2.05, 4.69) is 10.0 Å². The summed E-state index contributed by atoms with van der Waals surface area (Å²) in [6.07, 6.45) is 1.63. The molecule has 2 aromatic carbocycles. The molecule has 1 heterocycles. The molecule has 0 saturated carbocycles. The first-order valence-corrected chi connectivity index (χ1v) is 12.1. The van der Waals surface area contributed by atoms with Gasteiger partial charge in [-0.25, -0.2) is 8.42 Å². The number of nitrogens with one attached hydrogen (secondary N) is 2. The highest BCUT2D eigenvalue weighted by Gasteiger charge is 2.16. The zero-order valence-corrected chi connectivity index (χ0v) is 18.6.